The van der Waals surface area contributed by atoms with Crippen molar-refractivity contribution in [2.45, 2.75) is 32.0 Å². The first-order valence-electron chi connectivity index (χ1n) is 6.82. The minimum Gasteiger partial charge on any atom is -0.329 e. The van der Waals surface area contributed by atoms with Crippen LogP contribution >= 0.6 is 12.4 Å². The topological polar surface area (TPSA) is 94.0 Å². The number of anilines is 1. The van der Waals surface area contributed by atoms with Gasteiger partial charge in [-0.25, -0.2) is 0 Å². The van der Waals surface area contributed by atoms with Gasteiger partial charge in [0.25, 0.3) is 0 Å². The summed E-state index contributed by atoms with van der Waals surface area (Å²) in [6.45, 7) is 1.81. The minimum absolute atomic E-state index is 0. The molecule has 0 bridgehead atoms. The number of nitrogens with two attached hydrogens (primary N) is 1. The molecule has 0 saturated carbocycles. The molecule has 132 valence electrons. The number of rotatable bonds is 5. The van der Waals surface area contributed by atoms with Gasteiger partial charge in [0, 0.05) is 23.7 Å². The fourth-order valence-electron chi connectivity index (χ4n) is 1.74. The largest absolute Gasteiger partial charge is 0.471 e. The number of amides is 1. The lowest BCUT2D eigenvalue weighted by Gasteiger charge is -2.07. The van der Waals surface area contributed by atoms with Crippen LogP contribution in [-0.4, -0.2) is 22.1 Å². The summed E-state index contributed by atoms with van der Waals surface area (Å²) in [6.07, 6.45) is -3.83. The van der Waals surface area contributed by atoms with E-state index in [2.05, 4.69) is 20.0 Å². The molecule has 0 aliphatic rings. The quantitative estimate of drug-likeness (QED) is 0.849. The van der Waals surface area contributed by atoms with E-state index >= 15 is 0 Å². The van der Waals surface area contributed by atoms with E-state index in [1.165, 1.54) is 12.1 Å². The number of hydrogen-bond acceptors (Lipinski definition) is 5. The van der Waals surface area contributed by atoms with Crippen LogP contribution in [0.4, 0.5) is 18.9 Å². The molecule has 0 aliphatic carbocycles. The van der Waals surface area contributed by atoms with Gasteiger partial charge in [-0.1, -0.05) is 5.16 Å². The SMILES string of the molecule is CC(N)CCC(=O)Nc1ccc(-c2noc(C(F)(F)F)n2)cc1.Cl. The molecular weight excluding hydrogens is 349 g/mol. The van der Waals surface area contributed by atoms with E-state index in [-0.39, 0.29) is 30.2 Å². The predicted octanol–water partition coefficient (Wildman–Crippen LogP) is 3.24. The van der Waals surface area contributed by atoms with Crippen molar-refractivity contribution in [2.75, 3.05) is 5.32 Å². The van der Waals surface area contributed by atoms with Crippen molar-refractivity contribution in [3.8, 4) is 11.4 Å². The smallest absolute Gasteiger partial charge is 0.329 e. The highest BCUT2D eigenvalue weighted by molar-refractivity contribution is 5.90. The van der Waals surface area contributed by atoms with Crippen LogP contribution in [0, 0.1) is 0 Å². The van der Waals surface area contributed by atoms with Crippen molar-refractivity contribution >= 4 is 24.0 Å². The summed E-state index contributed by atoms with van der Waals surface area (Å²) in [7, 11) is 0. The van der Waals surface area contributed by atoms with Crippen LogP contribution in [0.25, 0.3) is 11.4 Å². The zero-order valence-electron chi connectivity index (χ0n) is 12.6. The second-order valence-electron chi connectivity index (χ2n) is 5.06. The Kier molecular flexibility index (Phi) is 6.73. The van der Waals surface area contributed by atoms with Crippen LogP contribution in [0.3, 0.4) is 0 Å². The maximum atomic E-state index is 12.4. The molecule has 0 spiro atoms. The average Bonchev–Trinajstić information content (AvgIpc) is 2.96. The summed E-state index contributed by atoms with van der Waals surface area (Å²) in [6, 6.07) is 6.01. The summed E-state index contributed by atoms with van der Waals surface area (Å²) >= 11 is 0. The van der Waals surface area contributed by atoms with Crippen molar-refractivity contribution in [1.29, 1.82) is 0 Å². The monoisotopic (exact) mass is 364 g/mol. The third-order valence-corrected chi connectivity index (χ3v) is 2.92. The van der Waals surface area contributed by atoms with Crippen molar-refractivity contribution in [1.82, 2.24) is 10.1 Å². The van der Waals surface area contributed by atoms with Crippen molar-refractivity contribution < 1.29 is 22.5 Å². The maximum absolute atomic E-state index is 12.4. The first kappa shape index (κ1) is 19.9. The molecule has 24 heavy (non-hydrogen) atoms. The van der Waals surface area contributed by atoms with Gasteiger partial charge in [0.1, 0.15) is 0 Å². The Hall–Kier alpha value is -2.13. The molecule has 10 heteroatoms. The fraction of sp³-hybridized carbons (Fsp3) is 0.357. The van der Waals surface area contributed by atoms with Gasteiger partial charge in [-0.05, 0) is 37.6 Å². The van der Waals surface area contributed by atoms with E-state index in [0.29, 0.717) is 24.1 Å². The Morgan fingerprint density at radius 3 is 2.46 bits per heavy atom. The van der Waals surface area contributed by atoms with Gasteiger partial charge in [0.2, 0.25) is 11.7 Å². The Labute approximate surface area is 142 Å². The lowest BCUT2D eigenvalue weighted by molar-refractivity contribution is -0.159. The van der Waals surface area contributed by atoms with E-state index in [1.54, 1.807) is 12.1 Å². The molecule has 1 amide bonds. The van der Waals surface area contributed by atoms with Crippen LogP contribution in [-0.2, 0) is 11.0 Å². The molecule has 6 nitrogen and oxygen atoms in total. The Morgan fingerprint density at radius 1 is 1.33 bits per heavy atom. The summed E-state index contributed by atoms with van der Waals surface area (Å²) in [5.74, 6) is -1.76. The van der Waals surface area contributed by atoms with Gasteiger partial charge in [-0.2, -0.15) is 18.2 Å². The Balaban J connectivity index is 0.00000288. The number of carbonyl (C=O) groups is 1. The van der Waals surface area contributed by atoms with E-state index < -0.39 is 12.1 Å². The summed E-state index contributed by atoms with van der Waals surface area (Å²) in [5.41, 5.74) is 6.43. The molecule has 0 saturated heterocycles. The second kappa shape index (κ2) is 8.11. The van der Waals surface area contributed by atoms with E-state index in [4.69, 9.17) is 5.73 Å². The van der Waals surface area contributed by atoms with Gasteiger partial charge in [-0.3, -0.25) is 4.79 Å². The molecule has 0 fully saturated rings. The third-order valence-electron chi connectivity index (χ3n) is 2.92. The summed E-state index contributed by atoms with van der Waals surface area (Å²) in [4.78, 5) is 14.9. The molecule has 1 heterocycles. The molecular formula is C14H16ClF3N4O2. The molecule has 0 aliphatic heterocycles. The number of alkyl halides is 3. The minimum atomic E-state index is -4.68. The molecule has 1 aromatic heterocycles. The number of nitrogens with zero attached hydrogens (tertiary/aromatic N) is 2. The first-order valence-corrected chi connectivity index (χ1v) is 6.82. The Bertz CT molecular complexity index is 671. The number of carbonyl (C=O) groups excluding carboxylic acids is 1. The van der Waals surface area contributed by atoms with Gasteiger partial charge in [0.15, 0.2) is 0 Å². The molecule has 2 aromatic rings. The van der Waals surface area contributed by atoms with Crippen molar-refractivity contribution in [3.05, 3.63) is 30.2 Å². The summed E-state index contributed by atoms with van der Waals surface area (Å²) < 4.78 is 41.4. The fourth-order valence-corrected chi connectivity index (χ4v) is 1.74. The van der Waals surface area contributed by atoms with Crippen molar-refractivity contribution in [2.24, 2.45) is 5.73 Å². The van der Waals surface area contributed by atoms with E-state index in [0.717, 1.165) is 0 Å². The third kappa shape index (κ3) is 5.50. The molecule has 1 atom stereocenters. The van der Waals surface area contributed by atoms with Crippen LogP contribution in [0.1, 0.15) is 25.7 Å². The number of hydrogen-bond donors (Lipinski definition) is 2. The first-order chi connectivity index (χ1) is 10.8. The van der Waals surface area contributed by atoms with Gasteiger partial charge in [0.05, 0.1) is 0 Å². The maximum Gasteiger partial charge on any atom is 0.471 e. The molecule has 1 unspecified atom stereocenters. The van der Waals surface area contributed by atoms with Crippen LogP contribution in [0.5, 0.6) is 0 Å². The zero-order chi connectivity index (χ0) is 17.0. The van der Waals surface area contributed by atoms with Crippen LogP contribution in [0.15, 0.2) is 28.8 Å². The van der Waals surface area contributed by atoms with Gasteiger partial charge in [-0.15, -0.1) is 12.4 Å². The second-order valence-corrected chi connectivity index (χ2v) is 5.06. The van der Waals surface area contributed by atoms with Crippen molar-refractivity contribution in [3.63, 3.8) is 0 Å². The highest BCUT2D eigenvalue weighted by Gasteiger charge is 2.38. The molecule has 2 rings (SSSR count). The van der Waals surface area contributed by atoms with Gasteiger partial charge < -0.3 is 15.6 Å². The standard InChI is InChI=1S/C14H15F3N4O2.ClH/c1-8(18)2-7-11(22)19-10-5-3-9(4-6-10)12-20-13(23-21-12)14(15,16)17;/h3-6,8H,2,7,18H2,1H3,(H,19,22);1H. The van der Waals surface area contributed by atoms with E-state index in [1.807, 2.05) is 6.92 Å². The number of benzene rings is 1. The average molecular weight is 365 g/mol. The van der Waals surface area contributed by atoms with E-state index in [9.17, 15) is 18.0 Å². The molecule has 1 aromatic carbocycles. The summed E-state index contributed by atoms with van der Waals surface area (Å²) in [5, 5.41) is 5.95. The number of aromatic nitrogens is 2. The lowest BCUT2D eigenvalue weighted by atomic mass is 10.1. The van der Waals surface area contributed by atoms with Gasteiger partial charge >= 0.3 is 12.1 Å². The highest BCUT2D eigenvalue weighted by Crippen LogP contribution is 2.29. The normalized spacial score (nSPS) is 12.4. The molecule has 3 N–H and O–H groups in total. The Morgan fingerprint density at radius 2 is 1.96 bits per heavy atom. The number of halogens is 4. The molecule has 0 radical (unpaired) electrons. The lowest BCUT2D eigenvalue weighted by Crippen LogP contribution is -2.19. The highest BCUT2D eigenvalue weighted by atomic mass is 35.5. The van der Waals surface area contributed by atoms with Crippen LogP contribution in [0.2, 0.25) is 0 Å². The predicted molar refractivity (Wildman–Crippen MR) is 83.5 cm³/mol. The number of nitrogens with one attached hydrogen (secondary N) is 1. The van der Waals surface area contributed by atoms with Crippen LogP contribution < -0.4 is 11.1 Å². The zero-order valence-corrected chi connectivity index (χ0v) is 13.4.